The average molecular weight is 869 g/mol. The monoisotopic (exact) mass is 868 g/mol. The third kappa shape index (κ3) is 8.10. The molecule has 318 valence electrons. The number of benzene rings is 7. The molecule has 0 fully saturated rings. The Hall–Kier alpha value is -6.20. The Bertz CT molecular complexity index is 2870. The molecule has 0 radical (unpaired) electrons. The second kappa shape index (κ2) is 17.8. The summed E-state index contributed by atoms with van der Waals surface area (Å²) in [5, 5.41) is 7.56. The Kier molecular flexibility index (Phi) is 11.9. The number of hydrogen-bond donors (Lipinski definition) is 0. The van der Waals surface area contributed by atoms with Gasteiger partial charge < -0.3 is 9.80 Å². The Morgan fingerprint density at radius 1 is 0.500 bits per heavy atom. The molecule has 2 aliphatic rings. The highest BCUT2D eigenvalue weighted by Crippen LogP contribution is 2.50. The lowest BCUT2D eigenvalue weighted by molar-refractivity contribution is 0.559. The molecule has 2 heterocycles. The first-order valence-corrected chi connectivity index (χ1v) is 23.8. The molecule has 9 rings (SSSR count). The second-order valence-electron chi connectivity index (χ2n) is 17.8. The van der Waals surface area contributed by atoms with E-state index in [1.54, 1.807) is 0 Å². The van der Waals surface area contributed by atoms with E-state index in [9.17, 15) is 0 Å². The van der Waals surface area contributed by atoms with Gasteiger partial charge in [0.25, 0.3) is 0 Å². The van der Waals surface area contributed by atoms with Crippen molar-refractivity contribution in [3.8, 4) is 0 Å². The molecular weight excluding hydrogens is 813 g/mol. The summed E-state index contributed by atoms with van der Waals surface area (Å²) in [4.78, 5) is 7.22. The number of thioether (sulfide) groups is 2. The Labute approximate surface area is 389 Å². The van der Waals surface area contributed by atoms with Gasteiger partial charge in [0.15, 0.2) is 0 Å². The van der Waals surface area contributed by atoms with Crippen LogP contribution < -0.4 is 9.80 Å². The molecule has 2 aliphatic heterocycles. The summed E-state index contributed by atoms with van der Waals surface area (Å²) < 4.78 is 0. The Morgan fingerprint density at radius 3 is 1.28 bits per heavy atom. The van der Waals surface area contributed by atoms with Gasteiger partial charge in [0.1, 0.15) is 0 Å². The molecule has 2 atom stereocenters. The predicted octanol–water partition coefficient (Wildman–Crippen LogP) is 16.0. The molecule has 4 heteroatoms. The van der Waals surface area contributed by atoms with Crippen molar-refractivity contribution < 1.29 is 0 Å². The van der Waals surface area contributed by atoms with Gasteiger partial charge in [-0.2, -0.15) is 0 Å². The molecule has 7 aromatic carbocycles. The third-order valence-corrected chi connectivity index (χ3v) is 16.1. The van der Waals surface area contributed by atoms with Crippen molar-refractivity contribution in [2.45, 2.75) is 61.2 Å². The summed E-state index contributed by atoms with van der Waals surface area (Å²) >= 11 is 3.68. The molecule has 7 aromatic rings. The van der Waals surface area contributed by atoms with Crippen LogP contribution in [0.2, 0.25) is 0 Å². The molecule has 0 aromatic heterocycles. The van der Waals surface area contributed by atoms with Gasteiger partial charge in [-0.1, -0.05) is 208 Å². The van der Waals surface area contributed by atoms with Crippen LogP contribution in [0.1, 0.15) is 47.2 Å². The minimum Gasteiger partial charge on any atom is -0.338 e. The van der Waals surface area contributed by atoms with Crippen LogP contribution in [-0.2, 0) is 23.7 Å². The van der Waals surface area contributed by atoms with Crippen molar-refractivity contribution in [1.82, 2.24) is 0 Å². The van der Waals surface area contributed by atoms with Crippen LogP contribution in [-0.4, -0.2) is 14.1 Å². The van der Waals surface area contributed by atoms with Gasteiger partial charge in [0.05, 0.1) is 21.4 Å². The lowest BCUT2D eigenvalue weighted by Crippen LogP contribution is -2.28. The summed E-state index contributed by atoms with van der Waals surface area (Å²) in [6.45, 7) is 18.6. The van der Waals surface area contributed by atoms with Gasteiger partial charge in [-0.3, -0.25) is 0 Å². The lowest BCUT2D eigenvalue weighted by atomic mass is 9.69. The van der Waals surface area contributed by atoms with Crippen LogP contribution in [0.15, 0.2) is 226 Å². The standard InChI is InChI=1S/C60H56N2S2/c1-41-19-9-15-27-51(41)59(5,43(3)21-17-29-55-61(7)53-37-35-47-23-11-13-25-49(47)57(53)63-55)39-45-31-33-46(34-32-45)40-60(6,52-28-16-10-20-42(52)2)44(4)22-18-30-56-62(8)54-38-36-48-24-12-14-26-50(48)58(54)64-56/h9-38H,3-4,39-40H2,1-2,5-8H3/b21-17+,22-18+,55-29-,56-30-. The third-order valence-electron chi connectivity index (χ3n) is 13.6. The van der Waals surface area contributed by atoms with Crippen molar-refractivity contribution in [3.63, 3.8) is 0 Å². The van der Waals surface area contributed by atoms with Crippen LogP contribution in [0.3, 0.4) is 0 Å². The quantitative estimate of drug-likeness (QED) is 0.113. The van der Waals surface area contributed by atoms with Gasteiger partial charge in [0, 0.05) is 34.7 Å². The number of allylic oxidation sites excluding steroid dienone is 8. The smallest absolute Gasteiger partial charge is 0.0799 e. The number of rotatable bonds is 12. The fourth-order valence-electron chi connectivity index (χ4n) is 9.68. The first-order chi connectivity index (χ1) is 30.9. The highest BCUT2D eigenvalue weighted by molar-refractivity contribution is 8.04. The van der Waals surface area contributed by atoms with E-state index in [4.69, 9.17) is 13.2 Å². The van der Waals surface area contributed by atoms with Crippen molar-refractivity contribution >= 4 is 56.4 Å². The largest absolute Gasteiger partial charge is 0.338 e. The van der Waals surface area contributed by atoms with Crippen molar-refractivity contribution in [1.29, 1.82) is 0 Å². The summed E-state index contributed by atoms with van der Waals surface area (Å²) in [5.41, 5.74) is 11.7. The SMILES string of the molecule is C=C(/C=C/C=C1\Sc2c(ccc3ccccc23)N1C)C(C)(Cc1ccc(CC(C)(C(=C)/C=C/C=C2\Sc3c(ccc4ccccc34)N2C)c2ccccc2C)cc1)c1ccccc1C. The number of anilines is 2. The summed E-state index contributed by atoms with van der Waals surface area (Å²) in [7, 11) is 4.32. The van der Waals surface area contributed by atoms with E-state index in [1.807, 2.05) is 23.5 Å². The number of nitrogens with zero attached hydrogens (tertiary/aromatic N) is 2. The van der Waals surface area contributed by atoms with Crippen LogP contribution in [0.25, 0.3) is 21.5 Å². The molecule has 0 saturated carbocycles. The van der Waals surface area contributed by atoms with Crippen molar-refractivity contribution in [3.05, 3.63) is 250 Å². The summed E-state index contributed by atoms with van der Waals surface area (Å²) in [5.74, 6) is 0. The molecule has 2 nitrogen and oxygen atoms in total. The maximum Gasteiger partial charge on any atom is 0.0799 e. The number of fused-ring (bicyclic) bond motifs is 6. The Balaban J connectivity index is 0.948. The fourth-order valence-corrected chi connectivity index (χ4v) is 12.1. The van der Waals surface area contributed by atoms with Gasteiger partial charge in [-0.05, 0) is 117 Å². The second-order valence-corrected chi connectivity index (χ2v) is 19.9. The zero-order valence-electron chi connectivity index (χ0n) is 37.9. The fraction of sp³-hybridized carbons (Fsp3) is 0.167. The number of aryl methyl sites for hydroxylation is 2. The van der Waals surface area contributed by atoms with E-state index in [0.717, 1.165) is 24.0 Å². The maximum atomic E-state index is 4.75. The first-order valence-electron chi connectivity index (χ1n) is 22.2. The van der Waals surface area contributed by atoms with E-state index in [-0.39, 0.29) is 10.8 Å². The highest BCUT2D eigenvalue weighted by Gasteiger charge is 2.33. The molecule has 64 heavy (non-hydrogen) atoms. The molecular formula is C60H56N2S2. The van der Waals surface area contributed by atoms with E-state index < -0.39 is 0 Å². The summed E-state index contributed by atoms with van der Waals surface area (Å²) in [6, 6.07) is 53.1. The van der Waals surface area contributed by atoms with E-state index in [0.29, 0.717) is 0 Å². The van der Waals surface area contributed by atoms with E-state index in [1.165, 1.54) is 86.1 Å². The minimum atomic E-state index is -0.320. The normalized spacial score (nSPS) is 16.8. The van der Waals surface area contributed by atoms with Crippen LogP contribution in [0.4, 0.5) is 11.4 Å². The molecule has 0 amide bonds. The Morgan fingerprint density at radius 2 is 0.875 bits per heavy atom. The van der Waals surface area contributed by atoms with E-state index >= 15 is 0 Å². The van der Waals surface area contributed by atoms with Gasteiger partial charge in [-0.25, -0.2) is 0 Å². The van der Waals surface area contributed by atoms with Crippen molar-refractivity contribution in [2.75, 3.05) is 23.9 Å². The van der Waals surface area contributed by atoms with Gasteiger partial charge in [-0.15, -0.1) is 0 Å². The molecule has 0 N–H and O–H groups in total. The predicted molar refractivity (Wildman–Crippen MR) is 280 cm³/mol. The first kappa shape index (κ1) is 43.1. The van der Waals surface area contributed by atoms with Crippen LogP contribution in [0, 0.1) is 13.8 Å². The van der Waals surface area contributed by atoms with Gasteiger partial charge >= 0.3 is 0 Å². The maximum absolute atomic E-state index is 4.75. The zero-order chi connectivity index (χ0) is 44.6. The molecule has 2 unspecified atom stereocenters. The minimum absolute atomic E-state index is 0.320. The highest BCUT2D eigenvalue weighted by atomic mass is 32.2. The molecule has 0 aliphatic carbocycles. The number of hydrogen-bond acceptors (Lipinski definition) is 4. The average Bonchev–Trinajstić information content (AvgIpc) is 3.81. The van der Waals surface area contributed by atoms with Crippen LogP contribution >= 0.6 is 23.5 Å². The molecule has 0 bridgehead atoms. The zero-order valence-corrected chi connectivity index (χ0v) is 39.5. The lowest BCUT2D eigenvalue weighted by Gasteiger charge is -2.34. The van der Waals surface area contributed by atoms with Gasteiger partial charge in [0.2, 0.25) is 0 Å². The topological polar surface area (TPSA) is 6.48 Å². The molecule has 0 spiro atoms. The van der Waals surface area contributed by atoms with E-state index in [2.05, 4.69) is 234 Å². The van der Waals surface area contributed by atoms with Crippen LogP contribution in [0.5, 0.6) is 0 Å². The van der Waals surface area contributed by atoms with Crippen molar-refractivity contribution in [2.24, 2.45) is 0 Å². The summed E-state index contributed by atoms with van der Waals surface area (Å²) in [6.07, 6.45) is 14.9. The molecule has 0 saturated heterocycles.